The van der Waals surface area contributed by atoms with Gasteiger partial charge in [-0.3, -0.25) is 9.45 Å². The molecule has 10 nitrogen and oxygen atoms in total. The summed E-state index contributed by atoms with van der Waals surface area (Å²) >= 11 is 0. The van der Waals surface area contributed by atoms with Crippen molar-refractivity contribution in [3.63, 3.8) is 0 Å². The van der Waals surface area contributed by atoms with Gasteiger partial charge in [0.15, 0.2) is 23.0 Å². The van der Waals surface area contributed by atoms with Crippen LogP contribution in [0.5, 0.6) is 28.7 Å². The van der Waals surface area contributed by atoms with Crippen molar-refractivity contribution in [2.24, 2.45) is 0 Å². The Hall–Kier alpha value is -2.73. The second-order valence-electron chi connectivity index (χ2n) is 8.71. The number of nitrogens with zero attached hydrogens (tertiary/aromatic N) is 1. The smallest absolute Gasteiger partial charge is 0.397 e. The molecule has 0 radical (unpaired) electrons. The molecule has 2 aromatic rings. The summed E-state index contributed by atoms with van der Waals surface area (Å²) in [6.45, 7) is 2.43. The molecule has 0 bridgehead atoms. The number of phenols is 1. The van der Waals surface area contributed by atoms with Crippen LogP contribution in [0.1, 0.15) is 35.2 Å². The maximum atomic E-state index is 11.9. The van der Waals surface area contributed by atoms with E-state index in [0.717, 1.165) is 16.7 Å². The molecule has 1 unspecified atom stereocenters. The quantitative estimate of drug-likeness (QED) is 0.632. The summed E-state index contributed by atoms with van der Waals surface area (Å²) in [7, 11) is 0.129. The van der Waals surface area contributed by atoms with Crippen LogP contribution in [0.15, 0.2) is 18.2 Å². The van der Waals surface area contributed by atoms with E-state index in [1.54, 1.807) is 12.1 Å². The van der Waals surface area contributed by atoms with Gasteiger partial charge in [-0.1, -0.05) is 6.92 Å². The highest BCUT2D eigenvalue weighted by Crippen LogP contribution is 2.59. The van der Waals surface area contributed by atoms with Gasteiger partial charge in [0.1, 0.15) is 0 Å². The average molecular weight is 480 g/mol. The molecule has 2 heterocycles. The van der Waals surface area contributed by atoms with E-state index in [4.69, 9.17) is 23.1 Å². The van der Waals surface area contributed by atoms with E-state index < -0.39 is 21.9 Å². The molecule has 0 spiro atoms. The monoisotopic (exact) mass is 479 g/mol. The predicted octanol–water partition coefficient (Wildman–Crippen LogP) is 2.33. The van der Waals surface area contributed by atoms with Gasteiger partial charge < -0.3 is 24.1 Å². The fourth-order valence-electron chi connectivity index (χ4n) is 5.65. The Bertz CT molecular complexity index is 1250. The minimum atomic E-state index is -4.78. The van der Waals surface area contributed by atoms with Gasteiger partial charge in [-0.05, 0) is 41.9 Å². The first-order valence-corrected chi connectivity index (χ1v) is 11.7. The van der Waals surface area contributed by atoms with Crippen LogP contribution in [0.3, 0.4) is 0 Å². The third kappa shape index (κ3) is 3.22. The lowest BCUT2D eigenvalue weighted by molar-refractivity contribution is 0.0115. The van der Waals surface area contributed by atoms with Crippen LogP contribution >= 0.6 is 0 Å². The van der Waals surface area contributed by atoms with Gasteiger partial charge in [-0.25, -0.2) is 4.18 Å². The van der Waals surface area contributed by atoms with Crippen LogP contribution in [-0.4, -0.2) is 57.1 Å². The first-order chi connectivity index (χ1) is 15.6. The zero-order valence-corrected chi connectivity index (χ0v) is 19.4. The van der Waals surface area contributed by atoms with E-state index in [1.165, 1.54) is 14.2 Å². The van der Waals surface area contributed by atoms with Crippen molar-refractivity contribution in [1.29, 1.82) is 0 Å². The summed E-state index contributed by atoms with van der Waals surface area (Å²) in [6, 6.07) is 4.77. The van der Waals surface area contributed by atoms with Gasteiger partial charge in [-0.2, -0.15) is 8.42 Å². The normalized spacial score (nSPS) is 25.7. The summed E-state index contributed by atoms with van der Waals surface area (Å²) < 4.78 is 61.0. The SMILES string of the molecule is COc1cc2c(cc1O)C[C@@H](OS(=O)(=O)O)[C@@]1(C)c3cc(OC)c4c(c3CN(C)C21)OCO4. The number of hydrogen-bond donors (Lipinski definition) is 2. The number of aromatic hydroxyl groups is 1. The molecular formula is C22H25NO9S. The van der Waals surface area contributed by atoms with E-state index >= 15 is 0 Å². The van der Waals surface area contributed by atoms with Crippen LogP contribution in [0.2, 0.25) is 0 Å². The summed E-state index contributed by atoms with van der Waals surface area (Å²) in [5, 5.41) is 10.3. The van der Waals surface area contributed by atoms with Gasteiger partial charge in [0.05, 0.1) is 20.3 Å². The lowest BCUT2D eigenvalue weighted by Crippen LogP contribution is -2.56. The van der Waals surface area contributed by atoms with Crippen molar-refractivity contribution in [2.45, 2.75) is 37.5 Å². The topological polar surface area (TPSA) is 124 Å². The Morgan fingerprint density at radius 3 is 2.48 bits per heavy atom. The number of ether oxygens (including phenoxy) is 4. The van der Waals surface area contributed by atoms with Crippen molar-refractivity contribution < 1.29 is 41.2 Å². The standard InChI is InChI=1S/C22H25NO9S/c1-22-14-8-17(29-4)20-19(30-10-31-20)13(14)9-23(2)21(22)12-7-16(28-3)15(24)5-11(12)6-18(22)32-33(25,26)27/h5,7-8,18,21,24H,6,9-10H2,1-4H3,(H,25,26,27)/t18-,21?,22-/m1/s1. The van der Waals surface area contributed by atoms with Crippen LogP contribution in [0.4, 0.5) is 0 Å². The second kappa shape index (κ2) is 7.39. The first kappa shape index (κ1) is 22.1. The van der Waals surface area contributed by atoms with E-state index in [-0.39, 0.29) is 25.0 Å². The van der Waals surface area contributed by atoms with Crippen molar-refractivity contribution in [3.8, 4) is 28.7 Å². The molecule has 178 valence electrons. The number of fused-ring (bicyclic) bond motifs is 7. The highest BCUT2D eigenvalue weighted by atomic mass is 32.3. The highest BCUT2D eigenvalue weighted by molar-refractivity contribution is 7.80. The molecule has 0 saturated carbocycles. The lowest BCUT2D eigenvalue weighted by Gasteiger charge is -2.54. The van der Waals surface area contributed by atoms with Gasteiger partial charge >= 0.3 is 10.4 Å². The van der Waals surface area contributed by atoms with Gasteiger partial charge in [0, 0.05) is 30.0 Å². The maximum Gasteiger partial charge on any atom is 0.397 e. The van der Waals surface area contributed by atoms with Gasteiger partial charge in [0.2, 0.25) is 12.5 Å². The third-order valence-corrected chi connectivity index (χ3v) is 7.45. The largest absolute Gasteiger partial charge is 0.504 e. The third-order valence-electron chi connectivity index (χ3n) is 6.97. The Labute approximate surface area is 191 Å². The van der Waals surface area contributed by atoms with Gasteiger partial charge in [-0.15, -0.1) is 0 Å². The van der Waals surface area contributed by atoms with Crippen molar-refractivity contribution >= 4 is 10.4 Å². The molecule has 11 heteroatoms. The number of likely N-dealkylation sites (N-methyl/N-ethyl adjacent to an activating group) is 1. The molecule has 2 aliphatic heterocycles. The average Bonchev–Trinajstić information content (AvgIpc) is 3.23. The van der Waals surface area contributed by atoms with E-state index in [9.17, 15) is 18.1 Å². The predicted molar refractivity (Wildman–Crippen MR) is 115 cm³/mol. The van der Waals surface area contributed by atoms with Crippen LogP contribution in [-0.2, 0) is 33.0 Å². The number of methoxy groups -OCH3 is 2. The summed E-state index contributed by atoms with van der Waals surface area (Å²) in [6.07, 6.45) is -0.853. The molecule has 5 rings (SSSR count). The van der Waals surface area contributed by atoms with Gasteiger partial charge in [0.25, 0.3) is 0 Å². The maximum absolute atomic E-state index is 11.9. The summed E-state index contributed by atoms with van der Waals surface area (Å²) in [5.41, 5.74) is 2.22. The minimum Gasteiger partial charge on any atom is -0.504 e. The van der Waals surface area contributed by atoms with Crippen LogP contribution in [0, 0.1) is 0 Å². The van der Waals surface area contributed by atoms with Crippen LogP contribution < -0.4 is 18.9 Å². The van der Waals surface area contributed by atoms with E-state index in [2.05, 4.69) is 4.90 Å². The molecular weight excluding hydrogens is 454 g/mol. The Morgan fingerprint density at radius 1 is 1.12 bits per heavy atom. The number of hydrogen-bond acceptors (Lipinski definition) is 9. The van der Waals surface area contributed by atoms with Crippen molar-refractivity contribution in [3.05, 3.63) is 40.5 Å². The number of rotatable bonds is 4. The molecule has 3 atom stereocenters. The Kier molecular flexibility index (Phi) is 4.94. The summed E-state index contributed by atoms with van der Waals surface area (Å²) in [4.78, 5) is 2.06. The minimum absolute atomic E-state index is 0.0518. The highest BCUT2D eigenvalue weighted by Gasteiger charge is 2.56. The Morgan fingerprint density at radius 2 is 1.82 bits per heavy atom. The summed E-state index contributed by atoms with van der Waals surface area (Å²) in [5.74, 6) is 1.77. The molecule has 0 amide bonds. The lowest BCUT2D eigenvalue weighted by atomic mass is 9.60. The van der Waals surface area contributed by atoms with Crippen molar-refractivity contribution in [1.82, 2.24) is 4.90 Å². The number of phenolic OH excluding ortho intramolecular Hbond substituents is 1. The molecule has 0 fully saturated rings. The molecule has 2 aromatic carbocycles. The molecule has 3 aliphatic rings. The van der Waals surface area contributed by atoms with Crippen LogP contribution in [0.25, 0.3) is 0 Å². The molecule has 0 aromatic heterocycles. The molecule has 2 N–H and O–H groups in total. The Balaban J connectivity index is 1.80. The second-order valence-corrected chi connectivity index (χ2v) is 9.76. The number of benzene rings is 2. The fourth-order valence-corrected chi connectivity index (χ4v) is 6.21. The van der Waals surface area contributed by atoms with E-state index in [1.807, 2.05) is 20.0 Å². The fraction of sp³-hybridized carbons (Fsp3) is 0.455. The van der Waals surface area contributed by atoms with Crippen molar-refractivity contribution in [2.75, 3.05) is 28.1 Å². The van der Waals surface area contributed by atoms with E-state index in [0.29, 0.717) is 35.1 Å². The molecule has 0 saturated heterocycles. The zero-order chi connectivity index (χ0) is 23.7. The zero-order valence-electron chi connectivity index (χ0n) is 18.6. The molecule has 1 aliphatic carbocycles. The molecule has 33 heavy (non-hydrogen) atoms. The first-order valence-electron chi connectivity index (χ1n) is 10.3.